The topological polar surface area (TPSA) is 96.5 Å². The Kier molecular flexibility index (Phi) is 4.73. The Morgan fingerprint density at radius 1 is 1.37 bits per heavy atom. The number of hydrogen-bond donors (Lipinski definition) is 3. The van der Waals surface area contributed by atoms with Gasteiger partial charge >= 0.3 is 6.03 Å². The highest BCUT2D eigenvalue weighted by Gasteiger charge is 2.29. The fourth-order valence-corrected chi connectivity index (χ4v) is 2.27. The molecular weight excluding hydrogens is 250 g/mol. The Balaban J connectivity index is 1.56. The summed E-state index contributed by atoms with van der Waals surface area (Å²) in [4.78, 5) is 33.7. The second-order valence-electron chi connectivity index (χ2n) is 4.83. The van der Waals surface area contributed by atoms with Crippen molar-refractivity contribution in [3.8, 4) is 0 Å². The van der Waals surface area contributed by atoms with Crippen LogP contribution in [0.5, 0.6) is 0 Å². The van der Waals surface area contributed by atoms with Crippen LogP contribution < -0.4 is 16.0 Å². The van der Waals surface area contributed by atoms with E-state index in [1.807, 2.05) is 0 Å². The highest BCUT2D eigenvalue weighted by atomic mass is 16.5. The molecule has 0 aromatic carbocycles. The third kappa shape index (κ3) is 4.20. The largest absolute Gasteiger partial charge is 0.378 e. The van der Waals surface area contributed by atoms with E-state index < -0.39 is 12.1 Å². The molecule has 2 atom stereocenters. The van der Waals surface area contributed by atoms with Crippen molar-refractivity contribution in [1.82, 2.24) is 16.0 Å². The fraction of sp³-hybridized carbons (Fsp3) is 0.750. The molecule has 0 aliphatic carbocycles. The summed E-state index contributed by atoms with van der Waals surface area (Å²) in [6.07, 6.45) is 3.79. The molecule has 106 valence electrons. The second kappa shape index (κ2) is 6.51. The van der Waals surface area contributed by atoms with Crippen molar-refractivity contribution in [2.75, 3.05) is 13.2 Å². The van der Waals surface area contributed by atoms with Crippen molar-refractivity contribution < 1.29 is 19.1 Å². The van der Waals surface area contributed by atoms with E-state index >= 15 is 0 Å². The molecule has 2 rings (SSSR count). The van der Waals surface area contributed by atoms with E-state index in [0.717, 1.165) is 25.9 Å². The maximum absolute atomic E-state index is 11.6. The van der Waals surface area contributed by atoms with E-state index in [4.69, 9.17) is 4.74 Å². The van der Waals surface area contributed by atoms with Gasteiger partial charge in [0.15, 0.2) is 0 Å². The lowest BCUT2D eigenvalue weighted by atomic mass is 10.1. The zero-order valence-corrected chi connectivity index (χ0v) is 10.7. The molecule has 0 bridgehead atoms. The number of carbonyl (C=O) groups excluding carboxylic acids is 3. The molecule has 0 spiro atoms. The summed E-state index contributed by atoms with van der Waals surface area (Å²) in [7, 11) is 0. The van der Waals surface area contributed by atoms with Crippen LogP contribution in [0.4, 0.5) is 4.79 Å². The predicted molar refractivity (Wildman–Crippen MR) is 66.3 cm³/mol. The lowest BCUT2D eigenvalue weighted by molar-refractivity contribution is -0.122. The molecule has 0 saturated carbocycles. The first-order valence-corrected chi connectivity index (χ1v) is 6.65. The van der Waals surface area contributed by atoms with Gasteiger partial charge in [0.1, 0.15) is 6.04 Å². The lowest BCUT2D eigenvalue weighted by Gasteiger charge is -2.11. The molecule has 0 unspecified atom stereocenters. The highest BCUT2D eigenvalue weighted by Crippen LogP contribution is 2.14. The summed E-state index contributed by atoms with van der Waals surface area (Å²) in [5.74, 6) is -0.468. The molecule has 2 saturated heterocycles. The van der Waals surface area contributed by atoms with Gasteiger partial charge < -0.3 is 15.4 Å². The van der Waals surface area contributed by atoms with Crippen LogP contribution >= 0.6 is 0 Å². The summed E-state index contributed by atoms with van der Waals surface area (Å²) in [5, 5.41) is 7.39. The van der Waals surface area contributed by atoms with Crippen LogP contribution in [0.2, 0.25) is 0 Å². The third-order valence-corrected chi connectivity index (χ3v) is 3.33. The molecule has 0 aromatic heterocycles. The first kappa shape index (κ1) is 13.8. The zero-order valence-electron chi connectivity index (χ0n) is 10.7. The number of carbonyl (C=O) groups is 3. The van der Waals surface area contributed by atoms with Crippen LogP contribution in [0.15, 0.2) is 0 Å². The predicted octanol–water partition coefficient (Wildman–Crippen LogP) is -0.340. The van der Waals surface area contributed by atoms with Crippen molar-refractivity contribution in [2.45, 2.75) is 44.2 Å². The van der Waals surface area contributed by atoms with Gasteiger partial charge in [0.25, 0.3) is 5.91 Å². The highest BCUT2D eigenvalue weighted by molar-refractivity contribution is 6.04. The molecule has 19 heavy (non-hydrogen) atoms. The van der Waals surface area contributed by atoms with Crippen molar-refractivity contribution in [1.29, 1.82) is 0 Å². The average Bonchev–Trinajstić information content (AvgIpc) is 2.97. The van der Waals surface area contributed by atoms with Crippen molar-refractivity contribution in [3.05, 3.63) is 0 Å². The number of amides is 4. The van der Waals surface area contributed by atoms with E-state index in [0.29, 0.717) is 13.0 Å². The van der Waals surface area contributed by atoms with Gasteiger partial charge in [-0.1, -0.05) is 0 Å². The smallest absolute Gasteiger partial charge is 0.322 e. The van der Waals surface area contributed by atoms with Crippen molar-refractivity contribution in [3.63, 3.8) is 0 Å². The second-order valence-corrected chi connectivity index (χ2v) is 4.83. The number of rotatable bonds is 6. The maximum atomic E-state index is 11.6. The van der Waals surface area contributed by atoms with Crippen LogP contribution in [0.1, 0.15) is 32.1 Å². The van der Waals surface area contributed by atoms with Gasteiger partial charge in [-0.25, -0.2) is 4.79 Å². The Labute approximate surface area is 111 Å². The first-order chi connectivity index (χ1) is 9.15. The number of imide groups is 1. The summed E-state index contributed by atoms with van der Waals surface area (Å²) in [5.41, 5.74) is 0. The zero-order chi connectivity index (χ0) is 13.7. The molecule has 7 nitrogen and oxygen atoms in total. The van der Waals surface area contributed by atoms with Gasteiger partial charge in [0.05, 0.1) is 6.10 Å². The molecule has 2 aliphatic heterocycles. The molecule has 2 aliphatic rings. The summed E-state index contributed by atoms with van der Waals surface area (Å²) < 4.78 is 5.45. The van der Waals surface area contributed by atoms with Crippen LogP contribution in [0.3, 0.4) is 0 Å². The molecule has 2 fully saturated rings. The van der Waals surface area contributed by atoms with Gasteiger partial charge in [0, 0.05) is 19.6 Å². The first-order valence-electron chi connectivity index (χ1n) is 6.65. The number of nitrogens with one attached hydrogen (secondary N) is 3. The minimum atomic E-state index is -0.587. The SMILES string of the molecule is O=C(CC[C@H]1NC(=O)NC1=O)NCC[C@H]1CCCO1. The normalized spacial score (nSPS) is 26.1. The van der Waals surface area contributed by atoms with E-state index in [1.54, 1.807) is 0 Å². The number of urea groups is 1. The van der Waals surface area contributed by atoms with E-state index in [9.17, 15) is 14.4 Å². The van der Waals surface area contributed by atoms with Crippen LogP contribution in [-0.4, -0.2) is 43.1 Å². The third-order valence-electron chi connectivity index (χ3n) is 3.33. The average molecular weight is 269 g/mol. The Morgan fingerprint density at radius 2 is 2.21 bits per heavy atom. The Morgan fingerprint density at radius 3 is 2.84 bits per heavy atom. The van der Waals surface area contributed by atoms with E-state index in [1.165, 1.54) is 0 Å². The van der Waals surface area contributed by atoms with Crippen LogP contribution in [-0.2, 0) is 14.3 Å². The van der Waals surface area contributed by atoms with E-state index in [-0.39, 0.29) is 24.3 Å². The van der Waals surface area contributed by atoms with Crippen molar-refractivity contribution in [2.24, 2.45) is 0 Å². The Bertz CT molecular complexity index is 366. The van der Waals surface area contributed by atoms with Gasteiger partial charge in [-0.05, 0) is 25.7 Å². The lowest BCUT2D eigenvalue weighted by Crippen LogP contribution is -2.32. The Hall–Kier alpha value is -1.63. The molecule has 2 heterocycles. The molecule has 3 N–H and O–H groups in total. The summed E-state index contributed by atoms with van der Waals surface area (Å²) >= 11 is 0. The molecule has 7 heteroatoms. The van der Waals surface area contributed by atoms with Gasteiger partial charge in [-0.2, -0.15) is 0 Å². The summed E-state index contributed by atoms with van der Waals surface area (Å²) in [6.45, 7) is 1.40. The summed E-state index contributed by atoms with van der Waals surface area (Å²) in [6, 6.07) is -1.08. The molecule has 0 aromatic rings. The molecule has 0 radical (unpaired) electrons. The minimum absolute atomic E-state index is 0.105. The number of hydrogen-bond acceptors (Lipinski definition) is 4. The molecule has 4 amide bonds. The standard InChI is InChI=1S/C12H19N3O4/c16-10(13-6-5-8-2-1-7-19-8)4-3-9-11(17)15-12(18)14-9/h8-9H,1-7H2,(H,13,16)(H2,14,15,17,18)/t8-,9-/m1/s1. The van der Waals surface area contributed by atoms with Crippen LogP contribution in [0.25, 0.3) is 0 Å². The van der Waals surface area contributed by atoms with Gasteiger partial charge in [-0.15, -0.1) is 0 Å². The quantitative estimate of drug-likeness (QED) is 0.575. The maximum Gasteiger partial charge on any atom is 0.322 e. The number of ether oxygens (including phenoxy) is 1. The monoisotopic (exact) mass is 269 g/mol. The van der Waals surface area contributed by atoms with E-state index in [2.05, 4.69) is 16.0 Å². The van der Waals surface area contributed by atoms with Gasteiger partial charge in [-0.3, -0.25) is 14.9 Å². The van der Waals surface area contributed by atoms with Gasteiger partial charge in [0.2, 0.25) is 5.91 Å². The fourth-order valence-electron chi connectivity index (χ4n) is 2.27. The minimum Gasteiger partial charge on any atom is -0.378 e. The molecular formula is C12H19N3O4. The van der Waals surface area contributed by atoms with Crippen molar-refractivity contribution >= 4 is 17.8 Å². The van der Waals surface area contributed by atoms with Crippen LogP contribution in [0, 0.1) is 0 Å².